The van der Waals surface area contributed by atoms with Gasteiger partial charge in [0, 0.05) is 23.1 Å². The Morgan fingerprint density at radius 3 is 2.80 bits per heavy atom. The number of pyridine rings is 2. The summed E-state index contributed by atoms with van der Waals surface area (Å²) < 4.78 is 0. The molecule has 1 amide bonds. The Kier molecular flexibility index (Phi) is 4.36. The maximum absolute atomic E-state index is 12.0. The van der Waals surface area contributed by atoms with Crippen molar-refractivity contribution in [3.8, 4) is 17.0 Å². The number of nitrogen functional groups attached to an aromatic ring is 1. The second-order valence-electron chi connectivity index (χ2n) is 8.67. The van der Waals surface area contributed by atoms with Gasteiger partial charge in [-0.15, -0.1) is 0 Å². The molecule has 2 aromatic heterocycles. The molecule has 5 rings (SSSR count). The van der Waals surface area contributed by atoms with Crippen LogP contribution >= 0.6 is 11.6 Å². The third-order valence-corrected chi connectivity index (χ3v) is 7.42. The number of primary amides is 1. The van der Waals surface area contributed by atoms with Gasteiger partial charge in [0.25, 0.3) is 0 Å². The Balaban J connectivity index is 1.61. The van der Waals surface area contributed by atoms with Crippen LogP contribution < -0.4 is 11.5 Å². The predicted octanol–water partition coefficient (Wildman–Crippen LogP) is 4.07. The standard InChI is InChI=1S/C23H23ClN4O2/c24-18-9-15(21(29)20-14(18)3-1-6-27-20)19-12(7-13(25)11-28-19)8-17-16(22(26)30)10-23(17)4-2-5-23/h1,3,6-7,9,11,16-17,29H,2,4-5,8,10,25H2,(H2,26,30). The number of fused-ring (bicyclic) bond motifs is 1. The van der Waals surface area contributed by atoms with Gasteiger partial charge in [-0.3, -0.25) is 14.8 Å². The first-order valence-electron chi connectivity index (χ1n) is 10.2. The van der Waals surface area contributed by atoms with E-state index in [2.05, 4.69) is 9.97 Å². The van der Waals surface area contributed by atoms with Crippen LogP contribution in [0.15, 0.2) is 36.7 Å². The number of carbonyl (C=O) groups is 1. The van der Waals surface area contributed by atoms with Gasteiger partial charge in [-0.25, -0.2) is 0 Å². The van der Waals surface area contributed by atoms with Crippen molar-refractivity contribution < 1.29 is 9.90 Å². The molecule has 2 aliphatic rings. The molecule has 0 saturated heterocycles. The van der Waals surface area contributed by atoms with Gasteiger partial charge in [0.15, 0.2) is 5.75 Å². The maximum atomic E-state index is 12.0. The van der Waals surface area contributed by atoms with Crippen LogP contribution in [0, 0.1) is 17.3 Å². The SMILES string of the molecule is NC(=O)C1CC2(CCC2)C1Cc1cc(N)cnc1-c1cc(Cl)c2cccnc2c1O. The van der Waals surface area contributed by atoms with Gasteiger partial charge in [-0.05, 0) is 66.8 Å². The van der Waals surface area contributed by atoms with Gasteiger partial charge in [-0.1, -0.05) is 18.0 Å². The molecule has 1 spiro atoms. The van der Waals surface area contributed by atoms with E-state index >= 15 is 0 Å². The fourth-order valence-electron chi connectivity index (χ4n) is 5.39. The Morgan fingerprint density at radius 2 is 2.10 bits per heavy atom. The lowest BCUT2D eigenvalue weighted by Crippen LogP contribution is -2.57. The van der Waals surface area contributed by atoms with Crippen molar-refractivity contribution in [2.24, 2.45) is 23.0 Å². The first-order valence-corrected chi connectivity index (χ1v) is 10.6. The molecule has 2 heterocycles. The Morgan fingerprint density at radius 1 is 1.30 bits per heavy atom. The predicted molar refractivity (Wildman–Crippen MR) is 117 cm³/mol. The molecule has 2 fully saturated rings. The number of aromatic nitrogens is 2. The first kappa shape index (κ1) is 19.1. The molecule has 3 aromatic rings. The first-order chi connectivity index (χ1) is 14.4. The zero-order chi connectivity index (χ0) is 21.0. The summed E-state index contributed by atoms with van der Waals surface area (Å²) >= 11 is 6.49. The number of aromatic hydroxyl groups is 1. The molecule has 6 nitrogen and oxygen atoms in total. The number of halogens is 1. The molecule has 2 saturated carbocycles. The Bertz CT molecular complexity index is 1180. The highest BCUT2D eigenvalue weighted by molar-refractivity contribution is 6.36. The lowest BCUT2D eigenvalue weighted by Gasteiger charge is -2.60. The van der Waals surface area contributed by atoms with Crippen LogP contribution in [0.25, 0.3) is 22.2 Å². The summed E-state index contributed by atoms with van der Waals surface area (Å²) in [5.41, 5.74) is 14.9. The molecular formula is C23H23ClN4O2. The van der Waals surface area contributed by atoms with Crippen molar-refractivity contribution in [2.45, 2.75) is 32.1 Å². The third-order valence-electron chi connectivity index (χ3n) is 7.11. The topological polar surface area (TPSA) is 115 Å². The quantitative estimate of drug-likeness (QED) is 0.586. The molecule has 2 atom stereocenters. The highest BCUT2D eigenvalue weighted by Crippen LogP contribution is 2.63. The molecule has 1 aromatic carbocycles. The van der Waals surface area contributed by atoms with E-state index < -0.39 is 0 Å². The molecule has 0 bridgehead atoms. The van der Waals surface area contributed by atoms with Crippen molar-refractivity contribution in [3.05, 3.63) is 47.2 Å². The summed E-state index contributed by atoms with van der Waals surface area (Å²) in [7, 11) is 0. The number of hydrogen-bond acceptors (Lipinski definition) is 5. The molecule has 0 aliphatic heterocycles. The van der Waals surface area contributed by atoms with E-state index in [-0.39, 0.29) is 28.9 Å². The summed E-state index contributed by atoms with van der Waals surface area (Å²) in [6, 6.07) is 7.19. The second kappa shape index (κ2) is 6.84. The minimum atomic E-state index is -0.239. The molecule has 5 N–H and O–H groups in total. The fraction of sp³-hybridized carbons (Fsp3) is 0.348. The van der Waals surface area contributed by atoms with E-state index in [1.54, 1.807) is 24.5 Å². The number of phenolic OH excluding ortho intramolecular Hbond substituents is 1. The van der Waals surface area contributed by atoms with E-state index in [0.29, 0.717) is 39.3 Å². The highest BCUT2D eigenvalue weighted by atomic mass is 35.5. The number of phenols is 1. The number of hydrogen-bond donors (Lipinski definition) is 3. The zero-order valence-electron chi connectivity index (χ0n) is 16.4. The number of benzene rings is 1. The van der Waals surface area contributed by atoms with Crippen LogP contribution in [-0.2, 0) is 11.2 Å². The molecule has 30 heavy (non-hydrogen) atoms. The summed E-state index contributed by atoms with van der Waals surface area (Å²) in [6.45, 7) is 0. The number of anilines is 1. The maximum Gasteiger partial charge on any atom is 0.220 e. The largest absolute Gasteiger partial charge is 0.505 e. The van der Waals surface area contributed by atoms with Gasteiger partial charge in [0.1, 0.15) is 5.52 Å². The molecule has 2 aliphatic carbocycles. The Hall–Kier alpha value is -2.86. The summed E-state index contributed by atoms with van der Waals surface area (Å²) in [5.74, 6) is -0.166. The molecule has 154 valence electrons. The van der Waals surface area contributed by atoms with Crippen LogP contribution in [-0.4, -0.2) is 21.0 Å². The molecule has 7 heteroatoms. The monoisotopic (exact) mass is 422 g/mol. The van der Waals surface area contributed by atoms with Gasteiger partial charge >= 0.3 is 0 Å². The van der Waals surface area contributed by atoms with E-state index in [9.17, 15) is 9.90 Å². The van der Waals surface area contributed by atoms with E-state index in [1.165, 1.54) is 6.42 Å². The van der Waals surface area contributed by atoms with Gasteiger partial charge in [-0.2, -0.15) is 0 Å². The number of carbonyl (C=O) groups excluding carboxylic acids is 1. The van der Waals surface area contributed by atoms with Crippen LogP contribution in [0.1, 0.15) is 31.2 Å². The van der Waals surface area contributed by atoms with Crippen molar-refractivity contribution in [1.82, 2.24) is 9.97 Å². The minimum absolute atomic E-state index is 0.0342. The minimum Gasteiger partial charge on any atom is -0.505 e. The molecular weight excluding hydrogens is 400 g/mol. The summed E-state index contributed by atoms with van der Waals surface area (Å²) in [4.78, 5) is 20.8. The van der Waals surface area contributed by atoms with E-state index in [0.717, 1.165) is 24.8 Å². The average Bonchev–Trinajstić information content (AvgIpc) is 2.67. The van der Waals surface area contributed by atoms with Crippen LogP contribution in [0.5, 0.6) is 5.75 Å². The van der Waals surface area contributed by atoms with Gasteiger partial charge < -0.3 is 16.6 Å². The highest BCUT2D eigenvalue weighted by Gasteiger charge is 2.58. The van der Waals surface area contributed by atoms with Crippen LogP contribution in [0.3, 0.4) is 0 Å². The van der Waals surface area contributed by atoms with Gasteiger partial charge in [0.2, 0.25) is 5.91 Å². The van der Waals surface area contributed by atoms with E-state index in [4.69, 9.17) is 23.1 Å². The van der Waals surface area contributed by atoms with E-state index in [1.807, 2.05) is 12.1 Å². The number of amides is 1. The molecule has 2 unspecified atom stereocenters. The number of rotatable bonds is 4. The van der Waals surface area contributed by atoms with Gasteiger partial charge in [0.05, 0.1) is 22.6 Å². The van der Waals surface area contributed by atoms with Crippen LogP contribution in [0.2, 0.25) is 5.02 Å². The fourth-order valence-corrected chi connectivity index (χ4v) is 5.65. The zero-order valence-corrected chi connectivity index (χ0v) is 17.2. The van der Waals surface area contributed by atoms with Crippen molar-refractivity contribution in [3.63, 3.8) is 0 Å². The number of nitrogens with two attached hydrogens (primary N) is 2. The lowest BCUT2D eigenvalue weighted by atomic mass is 9.44. The summed E-state index contributed by atoms with van der Waals surface area (Å²) in [5, 5.41) is 12.1. The van der Waals surface area contributed by atoms with Crippen LogP contribution in [0.4, 0.5) is 5.69 Å². The van der Waals surface area contributed by atoms with Crippen molar-refractivity contribution in [1.29, 1.82) is 0 Å². The number of nitrogens with zero attached hydrogens (tertiary/aromatic N) is 2. The van der Waals surface area contributed by atoms with Crippen molar-refractivity contribution in [2.75, 3.05) is 5.73 Å². The second-order valence-corrected chi connectivity index (χ2v) is 9.08. The lowest BCUT2D eigenvalue weighted by molar-refractivity contribution is -0.149. The normalized spacial score (nSPS) is 21.9. The Labute approximate surface area is 179 Å². The van der Waals surface area contributed by atoms with Crippen molar-refractivity contribution >= 4 is 34.1 Å². The third kappa shape index (κ3) is 2.82. The average molecular weight is 423 g/mol. The molecule has 0 radical (unpaired) electrons. The smallest absolute Gasteiger partial charge is 0.220 e. The summed E-state index contributed by atoms with van der Waals surface area (Å²) in [6.07, 6.45) is 8.14.